The van der Waals surface area contributed by atoms with E-state index < -0.39 is 0 Å². The van der Waals surface area contributed by atoms with Crippen LogP contribution in [0.25, 0.3) is 0 Å². The van der Waals surface area contributed by atoms with Gasteiger partial charge in [0.05, 0.1) is 0 Å². The number of ketones is 1. The van der Waals surface area contributed by atoms with Crippen LogP contribution in [-0.2, 0) is 0 Å². The van der Waals surface area contributed by atoms with Gasteiger partial charge < -0.3 is 0 Å². The smallest absolute Gasteiger partial charge is 0.165 e. The summed E-state index contributed by atoms with van der Waals surface area (Å²) in [4.78, 5) is 12.7. The van der Waals surface area contributed by atoms with Crippen LogP contribution in [0, 0.1) is 25.7 Å². The van der Waals surface area contributed by atoms with Gasteiger partial charge in [0.25, 0.3) is 0 Å². The van der Waals surface area contributed by atoms with E-state index in [2.05, 4.69) is 36.7 Å². The van der Waals surface area contributed by atoms with E-state index in [9.17, 15) is 4.79 Å². The molecule has 1 saturated carbocycles. The maximum atomic E-state index is 12.7. The monoisotopic (exact) mass is 322 g/mol. The molecule has 0 spiro atoms. The second kappa shape index (κ2) is 6.21. The van der Waals surface area contributed by atoms with Crippen molar-refractivity contribution >= 4 is 21.7 Å². The fraction of sp³-hybridized carbons (Fsp3) is 0.588. The molecule has 1 fully saturated rings. The Morgan fingerprint density at radius 2 is 1.89 bits per heavy atom. The van der Waals surface area contributed by atoms with E-state index in [0.717, 1.165) is 39.9 Å². The van der Waals surface area contributed by atoms with Gasteiger partial charge in [0.1, 0.15) is 0 Å². The number of rotatable bonds is 3. The van der Waals surface area contributed by atoms with Gasteiger partial charge in [-0.25, -0.2) is 0 Å². The number of carbonyl (C=O) groups excluding carboxylic acids is 1. The van der Waals surface area contributed by atoms with Crippen molar-refractivity contribution in [3.05, 3.63) is 33.3 Å². The Morgan fingerprint density at radius 1 is 1.26 bits per heavy atom. The lowest BCUT2D eigenvalue weighted by atomic mass is 9.77. The van der Waals surface area contributed by atoms with Crippen molar-refractivity contribution in [1.82, 2.24) is 0 Å². The summed E-state index contributed by atoms with van der Waals surface area (Å²) in [6, 6.07) is 4.07. The highest BCUT2D eigenvalue weighted by atomic mass is 79.9. The van der Waals surface area contributed by atoms with E-state index >= 15 is 0 Å². The second-order valence-electron chi connectivity index (χ2n) is 5.93. The van der Waals surface area contributed by atoms with Gasteiger partial charge in [-0.05, 0) is 55.9 Å². The van der Waals surface area contributed by atoms with Gasteiger partial charge in [0.2, 0.25) is 0 Å². The first-order valence-electron chi connectivity index (χ1n) is 7.33. The van der Waals surface area contributed by atoms with Crippen molar-refractivity contribution in [3.8, 4) is 0 Å². The van der Waals surface area contributed by atoms with Crippen LogP contribution in [0.3, 0.4) is 0 Å². The van der Waals surface area contributed by atoms with Gasteiger partial charge in [0, 0.05) is 16.0 Å². The van der Waals surface area contributed by atoms with Crippen molar-refractivity contribution < 1.29 is 4.79 Å². The summed E-state index contributed by atoms with van der Waals surface area (Å²) in [5, 5.41) is 0. The summed E-state index contributed by atoms with van der Waals surface area (Å²) in [6.07, 6.45) is 5.89. The molecule has 1 nitrogen and oxygen atoms in total. The van der Waals surface area contributed by atoms with E-state index in [-0.39, 0.29) is 5.92 Å². The van der Waals surface area contributed by atoms with Crippen LogP contribution < -0.4 is 0 Å². The van der Waals surface area contributed by atoms with E-state index in [0.29, 0.717) is 5.78 Å². The lowest BCUT2D eigenvalue weighted by molar-refractivity contribution is 0.0862. The third-order valence-electron chi connectivity index (χ3n) is 4.45. The number of benzene rings is 1. The Hall–Kier alpha value is -0.630. The Labute approximate surface area is 124 Å². The molecule has 19 heavy (non-hydrogen) atoms. The maximum absolute atomic E-state index is 12.7. The van der Waals surface area contributed by atoms with Crippen LogP contribution >= 0.6 is 15.9 Å². The molecular weight excluding hydrogens is 300 g/mol. The summed E-state index contributed by atoms with van der Waals surface area (Å²) in [5.41, 5.74) is 3.22. The Kier molecular flexibility index (Phi) is 4.83. The minimum Gasteiger partial charge on any atom is -0.294 e. The third kappa shape index (κ3) is 3.28. The average Bonchev–Trinajstić information content (AvgIpc) is 2.43. The van der Waals surface area contributed by atoms with E-state index in [1.165, 1.54) is 19.3 Å². The summed E-state index contributed by atoms with van der Waals surface area (Å²) in [6.45, 7) is 6.36. The molecule has 0 N–H and O–H groups in total. The van der Waals surface area contributed by atoms with Crippen molar-refractivity contribution in [2.75, 3.05) is 0 Å². The molecular formula is C17H23BrO. The lowest BCUT2D eigenvalue weighted by Crippen LogP contribution is -2.23. The Morgan fingerprint density at radius 3 is 2.47 bits per heavy atom. The minimum atomic E-state index is 0.249. The third-order valence-corrected chi connectivity index (χ3v) is 5.70. The molecule has 1 aromatic rings. The number of hydrogen-bond donors (Lipinski definition) is 0. The Balaban J connectivity index is 2.19. The minimum absolute atomic E-state index is 0.249. The number of Topliss-reactive ketones (excluding diaryl/α,β-unsaturated/α-hetero) is 1. The van der Waals surface area contributed by atoms with Gasteiger partial charge in [0.15, 0.2) is 5.78 Å². The standard InChI is InChI=1S/C17H23BrO/c1-4-13-6-5-7-14(10-13)17(19)15-8-11(2)16(18)12(3)9-15/h8-9,13-14H,4-7,10H2,1-3H3. The molecule has 104 valence electrons. The highest BCUT2D eigenvalue weighted by Gasteiger charge is 2.27. The van der Waals surface area contributed by atoms with Crippen molar-refractivity contribution in [2.24, 2.45) is 11.8 Å². The van der Waals surface area contributed by atoms with Crippen molar-refractivity contribution in [3.63, 3.8) is 0 Å². The topological polar surface area (TPSA) is 17.1 Å². The highest BCUT2D eigenvalue weighted by Crippen LogP contribution is 2.34. The van der Waals surface area contributed by atoms with Crippen molar-refractivity contribution in [1.29, 1.82) is 0 Å². The van der Waals surface area contributed by atoms with Crippen molar-refractivity contribution in [2.45, 2.75) is 52.9 Å². The fourth-order valence-corrected chi connectivity index (χ4v) is 3.45. The predicted octanol–water partition coefficient (Wildman–Crippen LogP) is 5.47. The van der Waals surface area contributed by atoms with Crippen LogP contribution in [0.2, 0.25) is 0 Å². The van der Waals surface area contributed by atoms with Gasteiger partial charge in [-0.1, -0.05) is 42.1 Å². The zero-order valence-electron chi connectivity index (χ0n) is 12.1. The number of aryl methyl sites for hydroxylation is 2. The second-order valence-corrected chi connectivity index (χ2v) is 6.72. The summed E-state index contributed by atoms with van der Waals surface area (Å²) in [7, 11) is 0. The Bertz CT molecular complexity index is 455. The summed E-state index contributed by atoms with van der Waals surface area (Å²) >= 11 is 3.57. The molecule has 0 aromatic heterocycles. The molecule has 0 radical (unpaired) electrons. The maximum Gasteiger partial charge on any atom is 0.165 e. The van der Waals surface area contributed by atoms with E-state index in [4.69, 9.17) is 0 Å². The van der Waals surface area contributed by atoms with Gasteiger partial charge in [-0.15, -0.1) is 0 Å². The van der Waals surface area contributed by atoms with Crippen LogP contribution in [-0.4, -0.2) is 5.78 Å². The van der Waals surface area contributed by atoms with E-state index in [1.54, 1.807) is 0 Å². The fourth-order valence-electron chi connectivity index (χ4n) is 3.22. The van der Waals surface area contributed by atoms with Gasteiger partial charge in [-0.3, -0.25) is 4.79 Å². The van der Waals surface area contributed by atoms with Crippen LogP contribution in [0.5, 0.6) is 0 Å². The largest absolute Gasteiger partial charge is 0.294 e. The normalized spacial score (nSPS) is 23.4. The van der Waals surface area contributed by atoms with Crippen LogP contribution in [0.15, 0.2) is 16.6 Å². The average molecular weight is 323 g/mol. The molecule has 1 aromatic carbocycles. The molecule has 0 amide bonds. The zero-order valence-corrected chi connectivity index (χ0v) is 13.7. The molecule has 1 aliphatic carbocycles. The highest BCUT2D eigenvalue weighted by molar-refractivity contribution is 9.10. The van der Waals surface area contributed by atoms with Gasteiger partial charge in [-0.2, -0.15) is 0 Å². The molecule has 0 bridgehead atoms. The summed E-state index contributed by atoms with van der Waals surface area (Å²) < 4.78 is 1.12. The molecule has 2 unspecified atom stereocenters. The quantitative estimate of drug-likeness (QED) is 0.675. The number of halogens is 1. The lowest BCUT2D eigenvalue weighted by Gasteiger charge is -2.27. The predicted molar refractivity (Wildman–Crippen MR) is 83.7 cm³/mol. The molecule has 2 rings (SSSR count). The molecule has 2 heteroatoms. The molecule has 0 saturated heterocycles. The summed E-state index contributed by atoms with van der Waals surface area (Å²) in [5.74, 6) is 1.36. The first-order valence-corrected chi connectivity index (χ1v) is 8.13. The van der Waals surface area contributed by atoms with Crippen LogP contribution in [0.1, 0.15) is 60.5 Å². The van der Waals surface area contributed by atoms with E-state index in [1.807, 2.05) is 12.1 Å². The molecule has 1 aliphatic rings. The first kappa shape index (κ1) is 14.8. The van der Waals surface area contributed by atoms with Gasteiger partial charge >= 0.3 is 0 Å². The SMILES string of the molecule is CCC1CCCC(C(=O)c2cc(C)c(Br)c(C)c2)C1. The van der Waals surface area contributed by atoms with Crippen LogP contribution in [0.4, 0.5) is 0 Å². The number of carbonyl (C=O) groups is 1. The first-order chi connectivity index (χ1) is 9.02. The molecule has 2 atom stereocenters. The molecule has 0 aliphatic heterocycles. The number of hydrogen-bond acceptors (Lipinski definition) is 1. The molecule has 0 heterocycles. The zero-order chi connectivity index (χ0) is 14.0.